The number of hydrogen-bond donors (Lipinski definition) is 3. The number of anilines is 2. The molecule has 2 heterocycles. The Labute approximate surface area is 95.1 Å². The van der Waals surface area contributed by atoms with Crippen LogP contribution in [-0.4, -0.2) is 33.5 Å². The zero-order chi connectivity index (χ0) is 12.6. The van der Waals surface area contributed by atoms with E-state index in [0.717, 1.165) is 11.2 Å². The van der Waals surface area contributed by atoms with E-state index in [1.165, 1.54) is 0 Å². The fraction of sp³-hybridized carbons (Fsp3) is 0.333. The summed E-state index contributed by atoms with van der Waals surface area (Å²) in [5.41, 5.74) is 4.76. The summed E-state index contributed by atoms with van der Waals surface area (Å²) in [7, 11) is 0. The number of nitrogens with one attached hydrogen (secondary N) is 1. The molecule has 17 heavy (non-hydrogen) atoms. The van der Waals surface area contributed by atoms with Gasteiger partial charge in [0.2, 0.25) is 5.91 Å². The average molecular weight is 238 g/mol. The fourth-order valence-electron chi connectivity index (χ4n) is 1.69. The minimum Gasteiger partial charge on any atom is -0.481 e. The number of nitrogens with two attached hydrogens (primary N) is 1. The first-order valence-corrected chi connectivity index (χ1v) is 4.87. The number of rotatable bonds is 2. The van der Waals surface area contributed by atoms with E-state index in [0.29, 0.717) is 0 Å². The van der Waals surface area contributed by atoms with Crippen molar-refractivity contribution in [1.29, 1.82) is 0 Å². The number of aromatic amines is 1. The second kappa shape index (κ2) is 3.89. The summed E-state index contributed by atoms with van der Waals surface area (Å²) >= 11 is 0. The Kier molecular flexibility index (Phi) is 2.54. The molecule has 0 spiro atoms. The van der Waals surface area contributed by atoms with E-state index in [9.17, 15) is 14.4 Å². The van der Waals surface area contributed by atoms with Gasteiger partial charge in [-0.2, -0.15) is 0 Å². The number of carbonyl (C=O) groups excluding carboxylic acids is 1. The molecular formula is C9H10N4O4. The molecule has 0 saturated carbocycles. The number of carboxylic acid groups (broad SMARTS) is 1. The van der Waals surface area contributed by atoms with Crippen molar-refractivity contribution >= 4 is 23.4 Å². The first-order valence-electron chi connectivity index (χ1n) is 4.87. The Hall–Kier alpha value is -2.38. The van der Waals surface area contributed by atoms with E-state index in [-0.39, 0.29) is 24.5 Å². The van der Waals surface area contributed by atoms with Crippen molar-refractivity contribution in [3.63, 3.8) is 0 Å². The van der Waals surface area contributed by atoms with E-state index in [1.54, 1.807) is 0 Å². The predicted octanol–water partition coefficient (Wildman–Crippen LogP) is -1.21. The zero-order valence-corrected chi connectivity index (χ0v) is 8.71. The van der Waals surface area contributed by atoms with Crippen molar-refractivity contribution < 1.29 is 14.7 Å². The first-order chi connectivity index (χ1) is 8.00. The number of nitrogens with zero attached hydrogens (tertiary/aromatic N) is 2. The van der Waals surface area contributed by atoms with Gasteiger partial charge in [-0.25, -0.2) is 4.98 Å². The largest absolute Gasteiger partial charge is 0.481 e. The van der Waals surface area contributed by atoms with Gasteiger partial charge in [-0.3, -0.25) is 19.3 Å². The molecule has 2 rings (SSSR count). The van der Waals surface area contributed by atoms with Crippen LogP contribution in [-0.2, 0) is 9.59 Å². The van der Waals surface area contributed by atoms with Crippen LogP contribution in [0.1, 0.15) is 6.42 Å². The lowest BCUT2D eigenvalue weighted by Crippen LogP contribution is -2.30. The van der Waals surface area contributed by atoms with Crippen molar-refractivity contribution in [2.45, 2.75) is 6.42 Å². The minimum absolute atomic E-state index is 0.0162. The number of aliphatic carboxylic acids is 1. The Balaban J connectivity index is 2.36. The maximum absolute atomic E-state index is 11.6. The standard InChI is InChI=1S/C9H10N4O4/c10-6-7(11-3-12-8(6)15)13-2-4(9(16)17)1-5(13)14/h3-4H,1-2,10H2,(H,16,17)(H,11,12,15). The van der Waals surface area contributed by atoms with Gasteiger partial charge in [0.25, 0.3) is 5.56 Å². The van der Waals surface area contributed by atoms with Gasteiger partial charge in [0.15, 0.2) is 5.82 Å². The second-order valence-corrected chi connectivity index (χ2v) is 3.71. The Morgan fingerprint density at radius 1 is 1.59 bits per heavy atom. The third kappa shape index (κ3) is 1.84. The SMILES string of the molecule is Nc1c(N2CC(C(=O)O)CC2=O)nc[nH]c1=O. The van der Waals surface area contributed by atoms with Crippen LogP contribution < -0.4 is 16.2 Å². The van der Waals surface area contributed by atoms with Crippen LogP contribution >= 0.6 is 0 Å². The van der Waals surface area contributed by atoms with Gasteiger partial charge in [-0.1, -0.05) is 0 Å². The molecule has 1 unspecified atom stereocenters. The van der Waals surface area contributed by atoms with Gasteiger partial charge in [0, 0.05) is 13.0 Å². The Morgan fingerprint density at radius 2 is 2.29 bits per heavy atom. The number of nitrogen functional groups attached to an aromatic ring is 1. The molecule has 0 radical (unpaired) electrons. The van der Waals surface area contributed by atoms with Crippen molar-refractivity contribution in [2.24, 2.45) is 5.92 Å². The highest BCUT2D eigenvalue weighted by atomic mass is 16.4. The Bertz CT molecular complexity index is 538. The van der Waals surface area contributed by atoms with E-state index < -0.39 is 23.4 Å². The molecule has 4 N–H and O–H groups in total. The molecule has 1 atom stereocenters. The molecule has 1 aromatic rings. The molecule has 0 aliphatic carbocycles. The van der Waals surface area contributed by atoms with Crippen LogP contribution in [0.15, 0.2) is 11.1 Å². The maximum Gasteiger partial charge on any atom is 0.308 e. The first kappa shape index (κ1) is 11.1. The van der Waals surface area contributed by atoms with Crippen LogP contribution in [0.25, 0.3) is 0 Å². The number of H-pyrrole nitrogens is 1. The number of hydrogen-bond acceptors (Lipinski definition) is 5. The van der Waals surface area contributed by atoms with E-state index >= 15 is 0 Å². The molecule has 1 amide bonds. The molecule has 1 aromatic heterocycles. The number of carboxylic acids is 1. The number of carbonyl (C=O) groups is 2. The van der Waals surface area contributed by atoms with Crippen LogP contribution in [0, 0.1) is 5.92 Å². The summed E-state index contributed by atoms with van der Waals surface area (Å²) in [5.74, 6) is -2.23. The fourth-order valence-corrected chi connectivity index (χ4v) is 1.69. The molecule has 1 fully saturated rings. The van der Waals surface area contributed by atoms with Crippen molar-refractivity contribution in [3.05, 3.63) is 16.7 Å². The second-order valence-electron chi connectivity index (χ2n) is 3.71. The summed E-state index contributed by atoms with van der Waals surface area (Å²) in [6, 6.07) is 0. The quantitative estimate of drug-likeness (QED) is 0.592. The highest BCUT2D eigenvalue weighted by molar-refractivity contribution is 6.00. The topological polar surface area (TPSA) is 129 Å². The smallest absolute Gasteiger partial charge is 0.308 e. The van der Waals surface area contributed by atoms with Gasteiger partial charge >= 0.3 is 5.97 Å². The van der Waals surface area contributed by atoms with Crippen molar-refractivity contribution in [2.75, 3.05) is 17.2 Å². The molecule has 8 heteroatoms. The van der Waals surface area contributed by atoms with Crippen LogP contribution in [0.3, 0.4) is 0 Å². The van der Waals surface area contributed by atoms with Crippen molar-refractivity contribution in [3.8, 4) is 0 Å². The van der Waals surface area contributed by atoms with Gasteiger partial charge < -0.3 is 15.8 Å². The lowest BCUT2D eigenvalue weighted by Gasteiger charge is -2.15. The van der Waals surface area contributed by atoms with Crippen LogP contribution in [0.2, 0.25) is 0 Å². The number of aromatic nitrogens is 2. The zero-order valence-electron chi connectivity index (χ0n) is 8.71. The van der Waals surface area contributed by atoms with E-state index in [2.05, 4.69) is 9.97 Å². The average Bonchev–Trinajstić information content (AvgIpc) is 2.65. The van der Waals surface area contributed by atoms with Crippen LogP contribution in [0.4, 0.5) is 11.5 Å². The van der Waals surface area contributed by atoms with Gasteiger partial charge in [0.05, 0.1) is 12.2 Å². The predicted molar refractivity (Wildman–Crippen MR) is 57.4 cm³/mol. The molecule has 90 valence electrons. The molecule has 1 saturated heterocycles. The summed E-state index contributed by atoms with van der Waals surface area (Å²) < 4.78 is 0. The summed E-state index contributed by atoms with van der Waals surface area (Å²) in [6.45, 7) is -0.0190. The van der Waals surface area contributed by atoms with E-state index in [1.807, 2.05) is 0 Å². The number of amides is 1. The molecular weight excluding hydrogens is 228 g/mol. The highest BCUT2D eigenvalue weighted by Gasteiger charge is 2.36. The lowest BCUT2D eigenvalue weighted by atomic mass is 10.1. The summed E-state index contributed by atoms with van der Waals surface area (Å²) in [5, 5.41) is 8.82. The molecule has 8 nitrogen and oxygen atoms in total. The third-order valence-electron chi connectivity index (χ3n) is 2.60. The lowest BCUT2D eigenvalue weighted by molar-refractivity contribution is -0.141. The third-order valence-corrected chi connectivity index (χ3v) is 2.60. The van der Waals surface area contributed by atoms with E-state index in [4.69, 9.17) is 10.8 Å². The van der Waals surface area contributed by atoms with Gasteiger partial charge in [-0.05, 0) is 0 Å². The summed E-state index contributed by atoms with van der Waals surface area (Å²) in [6.07, 6.45) is 1.01. The normalized spacial score (nSPS) is 19.6. The van der Waals surface area contributed by atoms with Crippen molar-refractivity contribution in [1.82, 2.24) is 9.97 Å². The Morgan fingerprint density at radius 3 is 2.88 bits per heavy atom. The monoisotopic (exact) mass is 238 g/mol. The molecule has 0 bridgehead atoms. The maximum atomic E-state index is 11.6. The van der Waals surface area contributed by atoms with Gasteiger partial charge in [0.1, 0.15) is 5.69 Å². The van der Waals surface area contributed by atoms with Crippen LogP contribution in [0.5, 0.6) is 0 Å². The molecule has 1 aliphatic rings. The molecule has 0 aromatic carbocycles. The summed E-state index contributed by atoms with van der Waals surface area (Å²) in [4.78, 5) is 40.8. The molecule has 1 aliphatic heterocycles. The van der Waals surface area contributed by atoms with Gasteiger partial charge in [-0.15, -0.1) is 0 Å². The minimum atomic E-state index is -1.05. The highest BCUT2D eigenvalue weighted by Crippen LogP contribution is 2.25.